The summed E-state index contributed by atoms with van der Waals surface area (Å²) in [6.45, 7) is 4.90. The molecule has 0 atom stereocenters. The number of unbranched alkanes of at least 4 members (excludes halogenated alkanes) is 1. The molecule has 1 aromatic carbocycles. The van der Waals surface area contributed by atoms with Gasteiger partial charge in [-0.05, 0) is 37.2 Å². The average molecular weight is 367 g/mol. The molecule has 0 saturated heterocycles. The quantitative estimate of drug-likeness (QED) is 0.510. The van der Waals surface area contributed by atoms with Gasteiger partial charge in [0.1, 0.15) is 0 Å². The Morgan fingerprint density at radius 1 is 0.889 bits per heavy atom. The number of hydrogen-bond acceptors (Lipinski definition) is 3. The third-order valence-electron chi connectivity index (χ3n) is 5.92. The number of rotatable bonds is 9. The van der Waals surface area contributed by atoms with Crippen LogP contribution in [-0.4, -0.2) is 16.6 Å². The Bertz CT molecular complexity index is 658. The second-order valence-corrected chi connectivity index (χ2v) is 7.94. The summed E-state index contributed by atoms with van der Waals surface area (Å²) in [7, 11) is 0. The first-order valence-electron chi connectivity index (χ1n) is 10.8. The fourth-order valence-electron chi connectivity index (χ4n) is 4.20. The zero-order valence-corrected chi connectivity index (χ0v) is 17.0. The molecule has 1 aromatic heterocycles. The van der Waals surface area contributed by atoms with E-state index in [0.717, 1.165) is 29.0 Å². The van der Waals surface area contributed by atoms with Crippen LogP contribution >= 0.6 is 0 Å². The van der Waals surface area contributed by atoms with Gasteiger partial charge in [0, 0.05) is 5.56 Å². The minimum absolute atomic E-state index is 0.637. The van der Waals surface area contributed by atoms with Gasteiger partial charge in [0.25, 0.3) is 0 Å². The van der Waals surface area contributed by atoms with Crippen LogP contribution < -0.4 is 4.74 Å². The Morgan fingerprint density at radius 3 is 2.11 bits per heavy atom. The number of ether oxygens (including phenoxy) is 1. The van der Waals surface area contributed by atoms with E-state index in [4.69, 9.17) is 4.74 Å². The predicted octanol–water partition coefficient (Wildman–Crippen LogP) is 6.47. The molecule has 3 nitrogen and oxygen atoms in total. The monoisotopic (exact) mass is 366 g/mol. The van der Waals surface area contributed by atoms with E-state index in [-0.39, 0.29) is 0 Å². The van der Waals surface area contributed by atoms with E-state index in [2.05, 4.69) is 41.2 Å². The number of hydrogen-bond donors (Lipinski definition) is 0. The first-order valence-corrected chi connectivity index (χ1v) is 10.8. The van der Waals surface area contributed by atoms with Crippen molar-refractivity contribution in [3.63, 3.8) is 0 Å². The second-order valence-electron chi connectivity index (χ2n) is 7.94. The Hall–Kier alpha value is -1.90. The lowest BCUT2D eigenvalue weighted by Gasteiger charge is -2.28. The van der Waals surface area contributed by atoms with E-state index < -0.39 is 0 Å². The molecule has 0 spiro atoms. The Balaban J connectivity index is 1.45. The number of aromatic nitrogens is 2. The van der Waals surface area contributed by atoms with Gasteiger partial charge >= 0.3 is 0 Å². The largest absolute Gasteiger partial charge is 0.491 e. The molecule has 0 amide bonds. The Morgan fingerprint density at radius 2 is 1.52 bits per heavy atom. The standard InChI is InChI=1S/C24H34N2O/c1-3-5-6-19-7-9-20(10-8-19)11-12-21-13-15-22(16-14-21)24-25-17-23(18-26-24)27-4-2/h13-20H,3-12H2,1-2H3/t19-,20-. The third-order valence-corrected chi connectivity index (χ3v) is 5.92. The molecule has 0 radical (unpaired) electrons. The number of benzene rings is 1. The molecule has 0 N–H and O–H groups in total. The van der Waals surface area contributed by atoms with Gasteiger partial charge in [-0.1, -0.05) is 76.1 Å². The summed E-state index contributed by atoms with van der Waals surface area (Å²) in [5, 5.41) is 0. The highest BCUT2D eigenvalue weighted by Crippen LogP contribution is 2.34. The fraction of sp³-hybridized carbons (Fsp3) is 0.583. The van der Waals surface area contributed by atoms with Crippen LogP contribution in [0.25, 0.3) is 11.4 Å². The van der Waals surface area contributed by atoms with Crippen LogP contribution in [0.2, 0.25) is 0 Å². The Kier molecular flexibility index (Phi) is 7.67. The van der Waals surface area contributed by atoms with Gasteiger partial charge in [-0.15, -0.1) is 0 Å². The zero-order chi connectivity index (χ0) is 18.9. The maximum atomic E-state index is 5.41. The van der Waals surface area contributed by atoms with Crippen LogP contribution in [0.15, 0.2) is 36.7 Å². The lowest BCUT2D eigenvalue weighted by atomic mass is 9.78. The van der Waals surface area contributed by atoms with Gasteiger partial charge in [0.05, 0.1) is 19.0 Å². The van der Waals surface area contributed by atoms with E-state index >= 15 is 0 Å². The van der Waals surface area contributed by atoms with Gasteiger partial charge in [0.15, 0.2) is 11.6 Å². The third kappa shape index (κ3) is 6.05. The molecule has 27 heavy (non-hydrogen) atoms. The second kappa shape index (κ2) is 10.4. The lowest BCUT2D eigenvalue weighted by molar-refractivity contribution is 0.250. The summed E-state index contributed by atoms with van der Waals surface area (Å²) in [5.74, 6) is 3.42. The average Bonchev–Trinajstić information content (AvgIpc) is 2.73. The van der Waals surface area contributed by atoms with Crippen LogP contribution in [-0.2, 0) is 6.42 Å². The highest BCUT2D eigenvalue weighted by molar-refractivity contribution is 5.55. The van der Waals surface area contributed by atoms with E-state index in [0.29, 0.717) is 6.61 Å². The number of nitrogens with zero attached hydrogens (tertiary/aromatic N) is 2. The minimum atomic E-state index is 0.637. The van der Waals surface area contributed by atoms with Crippen LogP contribution in [0.5, 0.6) is 5.75 Å². The van der Waals surface area contributed by atoms with E-state index in [1.54, 1.807) is 12.4 Å². The molecule has 0 aliphatic heterocycles. The van der Waals surface area contributed by atoms with Gasteiger partial charge < -0.3 is 4.74 Å². The molecule has 3 rings (SSSR count). The SMILES string of the molecule is CCCC[C@H]1CC[C@H](CCc2ccc(-c3ncc(OCC)cn3)cc2)CC1. The highest BCUT2D eigenvalue weighted by Gasteiger charge is 2.20. The molecular formula is C24H34N2O. The highest BCUT2D eigenvalue weighted by atomic mass is 16.5. The molecular weight excluding hydrogens is 332 g/mol. The van der Waals surface area contributed by atoms with Gasteiger partial charge in [-0.25, -0.2) is 9.97 Å². The van der Waals surface area contributed by atoms with Crippen molar-refractivity contribution in [1.29, 1.82) is 0 Å². The van der Waals surface area contributed by atoms with Crippen molar-refractivity contribution in [2.24, 2.45) is 11.8 Å². The normalized spacial score (nSPS) is 19.8. The van der Waals surface area contributed by atoms with Crippen molar-refractivity contribution < 1.29 is 4.74 Å². The molecule has 3 heteroatoms. The van der Waals surface area contributed by atoms with E-state index in [1.165, 1.54) is 63.4 Å². The van der Waals surface area contributed by atoms with Gasteiger partial charge in [-0.3, -0.25) is 0 Å². The van der Waals surface area contributed by atoms with E-state index in [9.17, 15) is 0 Å². The molecule has 0 bridgehead atoms. The topological polar surface area (TPSA) is 35.0 Å². The van der Waals surface area contributed by atoms with Crippen LogP contribution in [0.3, 0.4) is 0 Å². The van der Waals surface area contributed by atoms with Gasteiger partial charge in [-0.2, -0.15) is 0 Å². The van der Waals surface area contributed by atoms with Crippen molar-refractivity contribution in [3.05, 3.63) is 42.2 Å². The molecule has 0 unspecified atom stereocenters. The molecule has 1 aliphatic carbocycles. The summed E-state index contributed by atoms with van der Waals surface area (Å²) >= 11 is 0. The molecule has 146 valence electrons. The molecule has 1 fully saturated rings. The maximum absolute atomic E-state index is 5.41. The smallest absolute Gasteiger partial charge is 0.159 e. The Labute approximate surface area is 164 Å². The summed E-state index contributed by atoms with van der Waals surface area (Å²) in [6.07, 6.45) is 16.0. The van der Waals surface area contributed by atoms with Crippen LogP contribution in [0, 0.1) is 11.8 Å². The minimum Gasteiger partial charge on any atom is -0.491 e. The van der Waals surface area contributed by atoms with Crippen LogP contribution in [0.1, 0.15) is 70.8 Å². The zero-order valence-electron chi connectivity index (χ0n) is 17.0. The maximum Gasteiger partial charge on any atom is 0.159 e. The fourth-order valence-corrected chi connectivity index (χ4v) is 4.20. The van der Waals surface area contributed by atoms with Gasteiger partial charge in [0.2, 0.25) is 0 Å². The van der Waals surface area contributed by atoms with Crippen molar-refractivity contribution in [2.45, 2.75) is 71.6 Å². The first-order chi connectivity index (χ1) is 13.3. The molecule has 2 aromatic rings. The summed E-state index contributed by atoms with van der Waals surface area (Å²) in [5.41, 5.74) is 2.50. The first kappa shape index (κ1) is 19.9. The lowest BCUT2D eigenvalue weighted by Crippen LogP contribution is -2.15. The molecule has 1 heterocycles. The summed E-state index contributed by atoms with van der Waals surface area (Å²) < 4.78 is 5.41. The van der Waals surface area contributed by atoms with E-state index in [1.807, 2.05) is 6.92 Å². The van der Waals surface area contributed by atoms with Crippen molar-refractivity contribution >= 4 is 0 Å². The molecule has 1 saturated carbocycles. The summed E-state index contributed by atoms with van der Waals surface area (Å²) in [4.78, 5) is 8.82. The summed E-state index contributed by atoms with van der Waals surface area (Å²) in [6, 6.07) is 8.77. The van der Waals surface area contributed by atoms with Crippen LogP contribution in [0.4, 0.5) is 0 Å². The van der Waals surface area contributed by atoms with Crippen molar-refractivity contribution in [2.75, 3.05) is 6.61 Å². The van der Waals surface area contributed by atoms with Crippen molar-refractivity contribution in [3.8, 4) is 17.1 Å². The number of aryl methyl sites for hydroxylation is 1. The predicted molar refractivity (Wildman–Crippen MR) is 112 cm³/mol. The molecule has 1 aliphatic rings. The van der Waals surface area contributed by atoms with Crippen molar-refractivity contribution in [1.82, 2.24) is 9.97 Å².